The highest BCUT2D eigenvalue weighted by molar-refractivity contribution is 7.16. The number of methoxy groups -OCH3 is 1. The fraction of sp³-hybridized carbons (Fsp3) is 0.200. The van der Waals surface area contributed by atoms with Crippen LogP contribution in [-0.2, 0) is 17.6 Å². The van der Waals surface area contributed by atoms with E-state index >= 15 is 0 Å². The SMILES string of the molecule is COC(=O)c1c(N=Cc2c3ccccc3cc3ccccc23)sc2c1CCCC2. The Labute approximate surface area is 173 Å². The molecule has 0 saturated heterocycles. The van der Waals surface area contributed by atoms with Crippen molar-refractivity contribution in [1.29, 1.82) is 0 Å². The van der Waals surface area contributed by atoms with E-state index in [1.54, 1.807) is 11.3 Å². The zero-order valence-electron chi connectivity index (χ0n) is 16.3. The van der Waals surface area contributed by atoms with E-state index in [-0.39, 0.29) is 5.97 Å². The van der Waals surface area contributed by atoms with Gasteiger partial charge in [0.15, 0.2) is 0 Å². The molecule has 4 aromatic rings. The Bertz CT molecular complexity index is 1210. The number of aryl methyl sites for hydroxylation is 1. The molecule has 0 aliphatic heterocycles. The fourth-order valence-corrected chi connectivity index (χ4v) is 5.49. The van der Waals surface area contributed by atoms with Crippen LogP contribution in [0.1, 0.15) is 39.2 Å². The molecule has 144 valence electrons. The highest BCUT2D eigenvalue weighted by Gasteiger charge is 2.25. The standard InChI is InChI=1S/C25H21NO2S/c1-28-25(27)23-20-12-6-7-13-22(20)29-24(23)26-15-21-18-10-4-2-8-16(18)14-17-9-3-5-11-19(17)21/h2-5,8-11,14-15H,6-7,12-13H2,1H3. The van der Waals surface area contributed by atoms with Crippen LogP contribution in [-0.4, -0.2) is 19.3 Å². The first-order chi connectivity index (χ1) is 14.3. The third-order valence-electron chi connectivity index (χ3n) is 5.67. The minimum Gasteiger partial charge on any atom is -0.465 e. The molecular weight excluding hydrogens is 378 g/mol. The number of fused-ring (bicyclic) bond motifs is 3. The normalized spacial score (nSPS) is 13.8. The number of rotatable bonds is 3. The fourth-order valence-electron chi connectivity index (χ4n) is 4.27. The highest BCUT2D eigenvalue weighted by Crippen LogP contribution is 2.40. The second-order valence-corrected chi connectivity index (χ2v) is 8.46. The van der Waals surface area contributed by atoms with Gasteiger partial charge in [-0.05, 0) is 58.9 Å². The van der Waals surface area contributed by atoms with Gasteiger partial charge >= 0.3 is 5.97 Å². The summed E-state index contributed by atoms with van der Waals surface area (Å²) in [6, 6.07) is 18.9. The third-order valence-corrected chi connectivity index (χ3v) is 6.87. The van der Waals surface area contributed by atoms with Crippen molar-refractivity contribution in [2.24, 2.45) is 4.99 Å². The second-order valence-electron chi connectivity index (χ2n) is 7.37. The molecule has 1 aliphatic rings. The molecule has 5 rings (SSSR count). The molecule has 0 bridgehead atoms. The number of nitrogens with zero attached hydrogens (tertiary/aromatic N) is 1. The average Bonchev–Trinajstić information content (AvgIpc) is 3.14. The summed E-state index contributed by atoms with van der Waals surface area (Å²) in [5.74, 6) is -0.278. The van der Waals surface area contributed by atoms with E-state index in [0.717, 1.165) is 46.2 Å². The Kier molecular flexibility index (Phi) is 4.64. The zero-order chi connectivity index (χ0) is 19.8. The van der Waals surface area contributed by atoms with E-state index in [1.807, 2.05) is 6.21 Å². The molecule has 0 saturated carbocycles. The lowest BCUT2D eigenvalue weighted by Crippen LogP contribution is -2.07. The lowest BCUT2D eigenvalue weighted by atomic mass is 9.95. The molecular formula is C25H21NO2S. The number of hydrogen-bond acceptors (Lipinski definition) is 4. The van der Waals surface area contributed by atoms with Crippen LogP contribution in [0.3, 0.4) is 0 Å². The number of ether oxygens (including phenoxy) is 1. The smallest absolute Gasteiger partial charge is 0.341 e. The number of carbonyl (C=O) groups is 1. The van der Waals surface area contributed by atoms with Gasteiger partial charge in [0, 0.05) is 16.7 Å². The van der Waals surface area contributed by atoms with Crippen molar-refractivity contribution in [2.45, 2.75) is 25.7 Å². The van der Waals surface area contributed by atoms with Crippen molar-refractivity contribution >= 4 is 50.1 Å². The summed E-state index contributed by atoms with van der Waals surface area (Å²) < 4.78 is 5.09. The molecule has 3 aromatic carbocycles. The number of aliphatic imine (C=N–C) groups is 1. The van der Waals surface area contributed by atoms with Crippen LogP contribution in [0.25, 0.3) is 21.5 Å². The summed E-state index contributed by atoms with van der Waals surface area (Å²) in [6.07, 6.45) is 6.17. The van der Waals surface area contributed by atoms with Crippen molar-refractivity contribution < 1.29 is 9.53 Å². The van der Waals surface area contributed by atoms with Gasteiger partial charge in [-0.1, -0.05) is 48.5 Å². The van der Waals surface area contributed by atoms with Gasteiger partial charge in [0.1, 0.15) is 5.00 Å². The van der Waals surface area contributed by atoms with Crippen molar-refractivity contribution in [2.75, 3.05) is 7.11 Å². The van der Waals surface area contributed by atoms with Crippen LogP contribution in [0.2, 0.25) is 0 Å². The molecule has 0 fully saturated rings. The average molecular weight is 400 g/mol. The molecule has 0 atom stereocenters. The highest BCUT2D eigenvalue weighted by atomic mass is 32.1. The van der Waals surface area contributed by atoms with Crippen molar-refractivity contribution in [3.8, 4) is 0 Å². The predicted octanol–water partition coefficient (Wildman–Crippen LogP) is 6.47. The Hall–Kier alpha value is -2.98. The molecule has 29 heavy (non-hydrogen) atoms. The predicted molar refractivity (Wildman–Crippen MR) is 121 cm³/mol. The summed E-state index contributed by atoms with van der Waals surface area (Å²) in [5, 5.41) is 5.46. The van der Waals surface area contributed by atoms with Crippen LogP contribution in [0.15, 0.2) is 59.6 Å². The minimum atomic E-state index is -0.278. The van der Waals surface area contributed by atoms with E-state index in [2.05, 4.69) is 54.6 Å². The molecule has 0 amide bonds. The van der Waals surface area contributed by atoms with E-state index in [4.69, 9.17) is 9.73 Å². The maximum atomic E-state index is 12.5. The van der Waals surface area contributed by atoms with Crippen molar-refractivity contribution in [3.05, 3.63) is 76.2 Å². The summed E-state index contributed by atoms with van der Waals surface area (Å²) in [6.45, 7) is 0. The van der Waals surface area contributed by atoms with Gasteiger partial charge in [-0.2, -0.15) is 0 Å². The summed E-state index contributed by atoms with van der Waals surface area (Å²) >= 11 is 1.64. The zero-order valence-corrected chi connectivity index (χ0v) is 17.1. The molecule has 0 spiro atoms. The molecule has 1 aromatic heterocycles. The molecule has 0 radical (unpaired) electrons. The molecule has 0 unspecified atom stereocenters. The van der Waals surface area contributed by atoms with Crippen LogP contribution < -0.4 is 0 Å². The first-order valence-corrected chi connectivity index (χ1v) is 10.8. The second kappa shape index (κ2) is 7.45. The first-order valence-electron chi connectivity index (χ1n) is 9.93. The van der Waals surface area contributed by atoms with Gasteiger partial charge in [-0.15, -0.1) is 11.3 Å². The van der Waals surface area contributed by atoms with E-state index < -0.39 is 0 Å². The van der Waals surface area contributed by atoms with Crippen molar-refractivity contribution in [3.63, 3.8) is 0 Å². The molecule has 0 N–H and O–H groups in total. The maximum Gasteiger partial charge on any atom is 0.341 e. The number of thiophene rings is 1. The maximum absolute atomic E-state index is 12.5. The third kappa shape index (κ3) is 3.14. The minimum absolute atomic E-state index is 0.278. The molecule has 1 aliphatic carbocycles. The lowest BCUT2D eigenvalue weighted by Gasteiger charge is -2.11. The Balaban J connectivity index is 1.70. The largest absolute Gasteiger partial charge is 0.465 e. The van der Waals surface area contributed by atoms with E-state index in [0.29, 0.717) is 5.56 Å². The number of benzene rings is 3. The Morgan fingerprint density at radius 3 is 2.34 bits per heavy atom. The van der Waals surface area contributed by atoms with Gasteiger partial charge in [0.2, 0.25) is 0 Å². The summed E-state index contributed by atoms with van der Waals surface area (Å²) in [7, 11) is 1.45. The summed E-state index contributed by atoms with van der Waals surface area (Å²) in [4.78, 5) is 18.6. The van der Waals surface area contributed by atoms with Gasteiger partial charge in [0.05, 0.1) is 12.7 Å². The molecule has 1 heterocycles. The van der Waals surface area contributed by atoms with Crippen molar-refractivity contribution in [1.82, 2.24) is 0 Å². The summed E-state index contributed by atoms with van der Waals surface area (Å²) in [5.41, 5.74) is 2.89. The Morgan fingerprint density at radius 1 is 1.00 bits per heavy atom. The van der Waals surface area contributed by atoms with E-state index in [9.17, 15) is 4.79 Å². The van der Waals surface area contributed by atoms with E-state index in [1.165, 1.54) is 29.2 Å². The quantitative estimate of drug-likeness (QED) is 0.225. The number of hydrogen-bond donors (Lipinski definition) is 0. The topological polar surface area (TPSA) is 38.7 Å². The first kappa shape index (κ1) is 18.1. The van der Waals surface area contributed by atoms with Gasteiger partial charge in [-0.25, -0.2) is 9.79 Å². The molecule has 4 heteroatoms. The van der Waals surface area contributed by atoms with Gasteiger partial charge in [-0.3, -0.25) is 0 Å². The monoisotopic (exact) mass is 399 g/mol. The number of esters is 1. The molecule has 3 nitrogen and oxygen atoms in total. The van der Waals surface area contributed by atoms with Crippen LogP contribution in [0.5, 0.6) is 0 Å². The number of carbonyl (C=O) groups excluding carboxylic acids is 1. The Morgan fingerprint density at radius 2 is 1.66 bits per heavy atom. The lowest BCUT2D eigenvalue weighted by molar-refractivity contribution is 0.0601. The van der Waals surface area contributed by atoms with Gasteiger partial charge < -0.3 is 4.74 Å². The van der Waals surface area contributed by atoms with Crippen LogP contribution in [0.4, 0.5) is 5.00 Å². The van der Waals surface area contributed by atoms with Crippen LogP contribution in [0, 0.1) is 0 Å². The van der Waals surface area contributed by atoms with Gasteiger partial charge in [0.25, 0.3) is 0 Å². The van der Waals surface area contributed by atoms with Crippen LogP contribution >= 0.6 is 11.3 Å².